The summed E-state index contributed by atoms with van der Waals surface area (Å²) in [5.74, 6) is 0. The van der Waals surface area contributed by atoms with Gasteiger partial charge < -0.3 is 11.1 Å². The number of nitrogens with one attached hydrogen (secondary N) is 1. The first-order valence-corrected chi connectivity index (χ1v) is 6.59. The Kier molecular flexibility index (Phi) is 4.40. The predicted molar refractivity (Wildman–Crippen MR) is 72.8 cm³/mol. The Hall–Kier alpha value is -1.06. The lowest BCUT2D eigenvalue weighted by atomic mass is 10.2. The van der Waals surface area contributed by atoms with Crippen molar-refractivity contribution in [3.63, 3.8) is 0 Å². The third kappa shape index (κ3) is 3.72. The van der Waals surface area contributed by atoms with Gasteiger partial charge in [0.2, 0.25) is 0 Å². The maximum absolute atomic E-state index is 5.90. The van der Waals surface area contributed by atoms with Crippen LogP contribution < -0.4 is 11.1 Å². The van der Waals surface area contributed by atoms with Crippen molar-refractivity contribution >= 4 is 5.69 Å². The van der Waals surface area contributed by atoms with E-state index in [0.717, 1.165) is 31.4 Å². The van der Waals surface area contributed by atoms with E-state index in [9.17, 15) is 0 Å². The Morgan fingerprint density at radius 3 is 2.76 bits per heavy atom. The van der Waals surface area contributed by atoms with E-state index in [-0.39, 0.29) is 0 Å². The quantitative estimate of drug-likeness (QED) is 0.558. The van der Waals surface area contributed by atoms with E-state index >= 15 is 0 Å². The van der Waals surface area contributed by atoms with E-state index in [1.165, 1.54) is 24.9 Å². The van der Waals surface area contributed by atoms with Crippen molar-refractivity contribution in [3.05, 3.63) is 29.8 Å². The van der Waals surface area contributed by atoms with Gasteiger partial charge in [-0.1, -0.05) is 25.1 Å². The van der Waals surface area contributed by atoms with Gasteiger partial charge in [0.15, 0.2) is 0 Å². The number of rotatable bonds is 7. The van der Waals surface area contributed by atoms with E-state index in [1.54, 1.807) is 0 Å². The molecule has 3 heteroatoms. The zero-order valence-corrected chi connectivity index (χ0v) is 10.7. The normalized spacial score (nSPS) is 15.4. The van der Waals surface area contributed by atoms with Gasteiger partial charge in [-0.3, -0.25) is 4.90 Å². The highest BCUT2D eigenvalue weighted by molar-refractivity contribution is 5.46. The van der Waals surface area contributed by atoms with Crippen LogP contribution >= 0.6 is 0 Å². The summed E-state index contributed by atoms with van der Waals surface area (Å²) in [7, 11) is 0. The van der Waals surface area contributed by atoms with E-state index in [1.807, 2.05) is 18.2 Å². The van der Waals surface area contributed by atoms with Crippen LogP contribution in [0.3, 0.4) is 0 Å². The highest BCUT2D eigenvalue weighted by Crippen LogP contribution is 2.25. The summed E-state index contributed by atoms with van der Waals surface area (Å²) < 4.78 is 0. The molecule has 17 heavy (non-hydrogen) atoms. The molecule has 0 aliphatic heterocycles. The fourth-order valence-electron chi connectivity index (χ4n) is 2.18. The molecule has 0 saturated heterocycles. The molecule has 0 amide bonds. The molecule has 1 saturated carbocycles. The zero-order valence-electron chi connectivity index (χ0n) is 10.7. The number of hydrogen-bond acceptors (Lipinski definition) is 3. The molecular formula is C14H23N3. The third-order valence-electron chi connectivity index (χ3n) is 3.42. The monoisotopic (exact) mass is 233 g/mol. The molecule has 0 heterocycles. The molecule has 2 rings (SSSR count). The highest BCUT2D eigenvalue weighted by Gasteiger charge is 2.26. The lowest BCUT2D eigenvalue weighted by Gasteiger charge is -2.19. The minimum atomic E-state index is 0.864. The van der Waals surface area contributed by atoms with Crippen LogP contribution in [0, 0.1) is 0 Å². The van der Waals surface area contributed by atoms with Crippen molar-refractivity contribution in [2.45, 2.75) is 32.4 Å². The van der Waals surface area contributed by atoms with E-state index in [0.29, 0.717) is 0 Å². The largest absolute Gasteiger partial charge is 0.398 e. The number of anilines is 1. The van der Waals surface area contributed by atoms with Crippen LogP contribution in [-0.2, 0) is 6.54 Å². The summed E-state index contributed by atoms with van der Waals surface area (Å²) in [5, 5.41) is 3.47. The minimum Gasteiger partial charge on any atom is -0.398 e. The Labute approximate surface area is 104 Å². The number of para-hydroxylation sites is 1. The summed E-state index contributed by atoms with van der Waals surface area (Å²) in [5.41, 5.74) is 7.98. The summed E-state index contributed by atoms with van der Waals surface area (Å²) in [4.78, 5) is 2.56. The average Bonchev–Trinajstić information content (AvgIpc) is 3.16. The molecule has 3 N–H and O–H groups in total. The van der Waals surface area contributed by atoms with E-state index in [4.69, 9.17) is 5.73 Å². The fourth-order valence-corrected chi connectivity index (χ4v) is 2.18. The van der Waals surface area contributed by atoms with Gasteiger partial charge in [0.05, 0.1) is 0 Å². The Bertz CT molecular complexity index is 347. The Balaban J connectivity index is 1.67. The molecular weight excluding hydrogens is 210 g/mol. The van der Waals surface area contributed by atoms with Crippen LogP contribution in [0.25, 0.3) is 0 Å². The van der Waals surface area contributed by atoms with Crippen molar-refractivity contribution in [1.29, 1.82) is 0 Å². The van der Waals surface area contributed by atoms with Crippen molar-refractivity contribution in [1.82, 2.24) is 10.2 Å². The van der Waals surface area contributed by atoms with Crippen molar-refractivity contribution in [2.24, 2.45) is 0 Å². The molecule has 0 spiro atoms. The zero-order chi connectivity index (χ0) is 12.1. The number of nitrogens with zero attached hydrogens (tertiary/aromatic N) is 1. The average molecular weight is 233 g/mol. The molecule has 1 aromatic carbocycles. The molecule has 1 fully saturated rings. The molecule has 0 atom stereocenters. The van der Waals surface area contributed by atoms with Gasteiger partial charge >= 0.3 is 0 Å². The molecule has 94 valence electrons. The highest BCUT2D eigenvalue weighted by atomic mass is 15.2. The lowest BCUT2D eigenvalue weighted by molar-refractivity contribution is 0.277. The molecule has 0 aromatic heterocycles. The SMILES string of the molecule is CCN(CCNCc1ccccc1N)C1CC1. The molecule has 3 nitrogen and oxygen atoms in total. The number of likely N-dealkylation sites (N-methyl/N-ethyl adjacent to an activating group) is 1. The molecule has 1 aliphatic rings. The molecule has 0 unspecified atom stereocenters. The third-order valence-corrected chi connectivity index (χ3v) is 3.42. The second-order valence-corrected chi connectivity index (χ2v) is 4.74. The second kappa shape index (κ2) is 6.03. The van der Waals surface area contributed by atoms with Gasteiger partial charge in [0.1, 0.15) is 0 Å². The summed E-state index contributed by atoms with van der Waals surface area (Å²) in [6.45, 7) is 6.47. The molecule has 0 radical (unpaired) electrons. The number of hydrogen-bond donors (Lipinski definition) is 2. The van der Waals surface area contributed by atoms with E-state index < -0.39 is 0 Å². The van der Waals surface area contributed by atoms with Crippen molar-refractivity contribution in [3.8, 4) is 0 Å². The molecule has 1 aliphatic carbocycles. The topological polar surface area (TPSA) is 41.3 Å². The second-order valence-electron chi connectivity index (χ2n) is 4.74. The van der Waals surface area contributed by atoms with Crippen LogP contribution in [0.1, 0.15) is 25.3 Å². The summed E-state index contributed by atoms with van der Waals surface area (Å²) >= 11 is 0. The standard InChI is InChI=1S/C14H23N3/c1-2-17(13-7-8-13)10-9-16-11-12-5-3-4-6-14(12)15/h3-6,13,16H,2,7-11,15H2,1H3. The maximum Gasteiger partial charge on any atom is 0.0359 e. The van der Waals surface area contributed by atoms with Crippen molar-refractivity contribution < 1.29 is 0 Å². The van der Waals surface area contributed by atoms with Crippen LogP contribution in [0.15, 0.2) is 24.3 Å². The summed E-state index contributed by atoms with van der Waals surface area (Å²) in [6, 6.07) is 8.92. The van der Waals surface area contributed by atoms with E-state index in [2.05, 4.69) is 23.2 Å². The van der Waals surface area contributed by atoms with Gasteiger partial charge in [0.25, 0.3) is 0 Å². The number of benzene rings is 1. The van der Waals surface area contributed by atoms with Crippen LogP contribution in [0.2, 0.25) is 0 Å². The van der Waals surface area contributed by atoms with Gasteiger partial charge in [-0.15, -0.1) is 0 Å². The minimum absolute atomic E-state index is 0.864. The smallest absolute Gasteiger partial charge is 0.0359 e. The maximum atomic E-state index is 5.90. The molecule has 1 aromatic rings. The summed E-state index contributed by atoms with van der Waals surface area (Å²) in [6.07, 6.45) is 2.78. The lowest BCUT2D eigenvalue weighted by Crippen LogP contribution is -2.33. The first-order chi connectivity index (χ1) is 8.31. The van der Waals surface area contributed by atoms with Crippen LogP contribution in [-0.4, -0.2) is 30.6 Å². The first kappa shape index (κ1) is 12.4. The predicted octanol–water partition coefficient (Wildman–Crippen LogP) is 1.84. The number of nitrogen functional groups attached to an aromatic ring is 1. The van der Waals surface area contributed by atoms with Gasteiger partial charge in [-0.25, -0.2) is 0 Å². The molecule has 0 bridgehead atoms. The number of nitrogens with two attached hydrogens (primary N) is 1. The fraction of sp³-hybridized carbons (Fsp3) is 0.571. The Morgan fingerprint density at radius 1 is 1.35 bits per heavy atom. The van der Waals surface area contributed by atoms with Gasteiger partial charge in [-0.05, 0) is 31.0 Å². The Morgan fingerprint density at radius 2 is 2.12 bits per heavy atom. The first-order valence-electron chi connectivity index (χ1n) is 6.59. The van der Waals surface area contributed by atoms with Gasteiger partial charge in [0, 0.05) is 31.4 Å². The van der Waals surface area contributed by atoms with Gasteiger partial charge in [-0.2, -0.15) is 0 Å². The van der Waals surface area contributed by atoms with Crippen LogP contribution in [0.4, 0.5) is 5.69 Å². The van der Waals surface area contributed by atoms with Crippen molar-refractivity contribution in [2.75, 3.05) is 25.4 Å². The van der Waals surface area contributed by atoms with Crippen LogP contribution in [0.5, 0.6) is 0 Å².